The van der Waals surface area contributed by atoms with Crippen molar-refractivity contribution in [1.82, 2.24) is 4.98 Å². The van der Waals surface area contributed by atoms with Gasteiger partial charge in [-0.2, -0.15) is 0 Å². The second-order valence-electron chi connectivity index (χ2n) is 5.95. The van der Waals surface area contributed by atoms with E-state index in [4.69, 9.17) is 16.3 Å². The maximum Gasteiger partial charge on any atom is 0.135 e. The van der Waals surface area contributed by atoms with Crippen LogP contribution in [0.1, 0.15) is 37.6 Å². The molecule has 0 aliphatic rings. The number of halogens is 1. The van der Waals surface area contributed by atoms with Gasteiger partial charge in [0.15, 0.2) is 0 Å². The lowest BCUT2D eigenvalue weighted by Crippen LogP contribution is -2.10. The molecule has 0 radical (unpaired) electrons. The van der Waals surface area contributed by atoms with Crippen LogP contribution in [0.3, 0.4) is 0 Å². The van der Waals surface area contributed by atoms with Crippen LogP contribution in [0.15, 0.2) is 36.5 Å². The van der Waals surface area contributed by atoms with Crippen LogP contribution >= 0.6 is 11.6 Å². The van der Waals surface area contributed by atoms with Gasteiger partial charge < -0.3 is 4.74 Å². The quantitative estimate of drug-likeness (QED) is 0.723. The number of aromatic nitrogens is 1. The third-order valence-corrected chi connectivity index (χ3v) is 3.44. The maximum atomic E-state index is 5.99. The molecule has 1 aromatic carbocycles. The molecule has 3 heteroatoms. The molecule has 0 aliphatic heterocycles. The fourth-order valence-corrected chi connectivity index (χ4v) is 2.11. The van der Waals surface area contributed by atoms with Gasteiger partial charge in [-0.1, -0.05) is 32.9 Å². The highest BCUT2D eigenvalue weighted by Gasteiger charge is 2.14. The molecular weight excluding hydrogens is 270 g/mol. The molecule has 1 heterocycles. The van der Waals surface area contributed by atoms with Gasteiger partial charge in [-0.15, -0.1) is 11.6 Å². The van der Waals surface area contributed by atoms with Crippen molar-refractivity contribution in [3.05, 3.63) is 53.3 Å². The van der Waals surface area contributed by atoms with Gasteiger partial charge in [-0.05, 0) is 30.0 Å². The Labute approximate surface area is 125 Å². The molecular formula is C17H20ClNO. The molecule has 0 unspecified atom stereocenters. The van der Waals surface area contributed by atoms with Crippen molar-refractivity contribution in [1.29, 1.82) is 0 Å². The number of hydrogen-bond donors (Lipinski definition) is 0. The van der Waals surface area contributed by atoms with Crippen LogP contribution in [0.2, 0.25) is 0 Å². The summed E-state index contributed by atoms with van der Waals surface area (Å²) in [6.07, 6.45) is 1.77. The van der Waals surface area contributed by atoms with Gasteiger partial charge >= 0.3 is 0 Å². The minimum Gasteiger partial charge on any atom is -0.457 e. The van der Waals surface area contributed by atoms with Gasteiger partial charge in [-0.25, -0.2) is 0 Å². The summed E-state index contributed by atoms with van der Waals surface area (Å²) in [5, 5.41) is 0. The first-order valence-corrected chi connectivity index (χ1v) is 7.23. The summed E-state index contributed by atoms with van der Waals surface area (Å²) in [7, 11) is 0. The smallest absolute Gasteiger partial charge is 0.135 e. The number of ether oxygens (including phenoxy) is 1. The third-order valence-electron chi connectivity index (χ3n) is 3.15. The van der Waals surface area contributed by atoms with Crippen LogP contribution in [0.4, 0.5) is 0 Å². The monoisotopic (exact) mass is 289 g/mol. The molecule has 2 aromatic rings. The minimum absolute atomic E-state index is 0.100. The molecule has 106 valence electrons. The van der Waals surface area contributed by atoms with Crippen LogP contribution in [-0.4, -0.2) is 4.98 Å². The predicted octanol–water partition coefficient (Wildman–Crippen LogP) is 5.22. The Morgan fingerprint density at radius 1 is 1.20 bits per heavy atom. The zero-order chi connectivity index (χ0) is 14.8. The number of aryl methyl sites for hydroxylation is 1. The van der Waals surface area contributed by atoms with Gasteiger partial charge in [0, 0.05) is 23.5 Å². The molecule has 0 saturated carbocycles. The zero-order valence-corrected chi connectivity index (χ0v) is 13.2. The van der Waals surface area contributed by atoms with Crippen LogP contribution in [0.25, 0.3) is 0 Å². The number of rotatable bonds is 3. The van der Waals surface area contributed by atoms with Crippen molar-refractivity contribution >= 4 is 11.6 Å². The molecule has 0 amide bonds. The number of alkyl halides is 1. The average molecular weight is 290 g/mol. The fraction of sp³-hybridized carbons (Fsp3) is 0.353. The van der Waals surface area contributed by atoms with Crippen LogP contribution < -0.4 is 4.74 Å². The summed E-state index contributed by atoms with van der Waals surface area (Å²) in [5.74, 6) is 2.00. The fourth-order valence-electron chi connectivity index (χ4n) is 1.91. The highest BCUT2D eigenvalue weighted by atomic mass is 35.5. The van der Waals surface area contributed by atoms with Crippen molar-refractivity contribution in [2.24, 2.45) is 0 Å². The number of benzene rings is 1. The lowest BCUT2D eigenvalue weighted by atomic mass is 9.87. The molecule has 0 N–H and O–H groups in total. The Morgan fingerprint density at radius 3 is 2.60 bits per heavy atom. The molecule has 2 rings (SSSR count). The van der Waals surface area contributed by atoms with Gasteiger partial charge in [-0.3, -0.25) is 4.98 Å². The Morgan fingerprint density at radius 2 is 1.95 bits per heavy atom. The number of hydrogen-bond acceptors (Lipinski definition) is 2. The standard InChI is InChI=1S/C17H20ClNO/c1-12-8-16(13(10-18)11-19-12)20-15-7-5-6-14(9-15)17(2,3)4/h5-9,11H,10H2,1-4H3. The molecule has 20 heavy (non-hydrogen) atoms. The Hall–Kier alpha value is -1.54. The number of nitrogens with zero attached hydrogens (tertiary/aromatic N) is 1. The molecule has 0 fully saturated rings. The van der Waals surface area contributed by atoms with E-state index >= 15 is 0 Å². The topological polar surface area (TPSA) is 22.1 Å². The van der Waals surface area contributed by atoms with Crippen molar-refractivity contribution in [2.75, 3.05) is 0 Å². The van der Waals surface area contributed by atoms with E-state index in [1.165, 1.54) is 5.56 Å². The summed E-state index contributed by atoms with van der Waals surface area (Å²) in [4.78, 5) is 4.24. The summed E-state index contributed by atoms with van der Waals surface area (Å²) in [5.41, 5.74) is 3.16. The van der Waals surface area contributed by atoms with E-state index in [1.54, 1.807) is 6.20 Å². The average Bonchev–Trinajstić information content (AvgIpc) is 2.38. The van der Waals surface area contributed by atoms with E-state index in [1.807, 2.05) is 25.1 Å². The van der Waals surface area contributed by atoms with Gasteiger partial charge in [0.25, 0.3) is 0 Å². The highest BCUT2D eigenvalue weighted by molar-refractivity contribution is 6.17. The Kier molecular flexibility index (Phi) is 4.34. The zero-order valence-electron chi connectivity index (χ0n) is 12.4. The Balaban J connectivity index is 2.33. The molecule has 0 spiro atoms. The second kappa shape index (κ2) is 5.84. The highest BCUT2D eigenvalue weighted by Crippen LogP contribution is 2.30. The van der Waals surface area contributed by atoms with Crippen LogP contribution in [0, 0.1) is 6.92 Å². The lowest BCUT2D eigenvalue weighted by Gasteiger charge is -2.20. The van der Waals surface area contributed by atoms with Gasteiger partial charge in [0.1, 0.15) is 11.5 Å². The first-order valence-electron chi connectivity index (χ1n) is 6.70. The third kappa shape index (κ3) is 3.51. The van der Waals surface area contributed by atoms with Crippen molar-refractivity contribution < 1.29 is 4.74 Å². The van der Waals surface area contributed by atoms with E-state index in [-0.39, 0.29) is 5.41 Å². The van der Waals surface area contributed by atoms with Crippen LogP contribution in [0.5, 0.6) is 11.5 Å². The first-order chi connectivity index (χ1) is 9.40. The normalized spacial score (nSPS) is 11.4. The summed E-state index contributed by atoms with van der Waals surface area (Å²) in [6, 6.07) is 10.1. The number of pyridine rings is 1. The molecule has 0 saturated heterocycles. The molecule has 0 aliphatic carbocycles. The van der Waals surface area contributed by atoms with Crippen molar-refractivity contribution in [3.8, 4) is 11.5 Å². The van der Waals surface area contributed by atoms with Crippen LogP contribution in [-0.2, 0) is 11.3 Å². The largest absolute Gasteiger partial charge is 0.457 e. The van der Waals surface area contributed by atoms with E-state index < -0.39 is 0 Å². The second-order valence-corrected chi connectivity index (χ2v) is 6.21. The summed E-state index contributed by atoms with van der Waals surface area (Å²) in [6.45, 7) is 8.50. The van der Waals surface area contributed by atoms with Gasteiger partial charge in [0.2, 0.25) is 0 Å². The van der Waals surface area contributed by atoms with Crippen molar-refractivity contribution in [3.63, 3.8) is 0 Å². The summed E-state index contributed by atoms with van der Waals surface area (Å²) >= 11 is 5.93. The molecule has 0 atom stereocenters. The molecule has 2 nitrogen and oxygen atoms in total. The van der Waals surface area contributed by atoms with Gasteiger partial charge in [0.05, 0.1) is 5.88 Å². The van der Waals surface area contributed by atoms with E-state index in [0.717, 1.165) is 22.8 Å². The first kappa shape index (κ1) is 14.9. The minimum atomic E-state index is 0.100. The Bertz CT molecular complexity index is 602. The predicted molar refractivity (Wildman–Crippen MR) is 83.7 cm³/mol. The van der Waals surface area contributed by atoms with Crippen molar-refractivity contribution in [2.45, 2.75) is 39.0 Å². The lowest BCUT2D eigenvalue weighted by molar-refractivity contribution is 0.473. The maximum absolute atomic E-state index is 5.99. The van der Waals surface area contributed by atoms with E-state index in [9.17, 15) is 0 Å². The molecule has 1 aromatic heterocycles. The van der Waals surface area contributed by atoms with E-state index in [0.29, 0.717) is 5.88 Å². The molecule has 0 bridgehead atoms. The summed E-state index contributed by atoms with van der Waals surface area (Å²) < 4.78 is 5.99. The SMILES string of the molecule is Cc1cc(Oc2cccc(C(C)(C)C)c2)c(CCl)cn1. The van der Waals surface area contributed by atoms with E-state index in [2.05, 4.69) is 37.9 Å².